The largest absolute Gasteiger partial charge is 0.456 e. The van der Waals surface area contributed by atoms with Gasteiger partial charge in [-0.1, -0.05) is 6.92 Å². The predicted molar refractivity (Wildman–Crippen MR) is 88.2 cm³/mol. The number of Topliss-reactive ketones (excluding diaryl/α,β-unsaturated/α-hetero) is 1. The van der Waals surface area contributed by atoms with Gasteiger partial charge in [-0.3, -0.25) is 24.5 Å². The molecular weight excluding hydrogens is 347 g/mol. The van der Waals surface area contributed by atoms with Crippen molar-refractivity contribution in [2.24, 2.45) is 17.8 Å². The molecule has 1 saturated carbocycles. The fourth-order valence-electron chi connectivity index (χ4n) is 3.11. The van der Waals surface area contributed by atoms with E-state index >= 15 is 0 Å². The van der Waals surface area contributed by atoms with Crippen molar-refractivity contribution in [1.82, 2.24) is 0 Å². The molecule has 1 aliphatic rings. The second-order valence-electron chi connectivity index (χ2n) is 6.35. The number of hydrogen-bond donors (Lipinski definition) is 1. The van der Waals surface area contributed by atoms with Gasteiger partial charge in [0.15, 0.2) is 6.61 Å². The zero-order valence-corrected chi connectivity index (χ0v) is 14.1. The topological polar surface area (TPSA) is 116 Å². The van der Waals surface area contributed by atoms with E-state index < -0.39 is 41.1 Å². The summed E-state index contributed by atoms with van der Waals surface area (Å²) in [5.41, 5.74) is 0.346. The molecule has 9 heteroatoms. The van der Waals surface area contributed by atoms with Crippen molar-refractivity contribution in [1.29, 1.82) is 0 Å². The summed E-state index contributed by atoms with van der Waals surface area (Å²) in [7, 11) is 0. The van der Waals surface area contributed by atoms with Crippen LogP contribution in [0, 0.1) is 33.7 Å². The summed E-state index contributed by atoms with van der Waals surface area (Å²) in [4.78, 5) is 45.9. The normalized spacial score (nSPS) is 22.1. The first-order valence-corrected chi connectivity index (χ1v) is 8.11. The van der Waals surface area contributed by atoms with E-state index in [1.165, 1.54) is 24.3 Å². The third kappa shape index (κ3) is 5.33. The Balaban J connectivity index is 1.83. The Hall–Kier alpha value is -2.84. The van der Waals surface area contributed by atoms with Crippen LogP contribution in [0.5, 0.6) is 0 Å². The molecule has 2 rings (SSSR count). The minimum atomic E-state index is -0.764. The molecule has 1 N–H and O–H groups in total. The Labute approximate surface area is 148 Å². The smallest absolute Gasteiger partial charge is 0.307 e. The summed E-state index contributed by atoms with van der Waals surface area (Å²) in [6.45, 7) is 0.802. The van der Waals surface area contributed by atoms with Crippen molar-refractivity contribution in [2.45, 2.75) is 19.8 Å². The zero-order valence-electron chi connectivity index (χ0n) is 14.1. The maximum Gasteiger partial charge on any atom is 0.307 e. The molecule has 0 radical (unpaired) electrons. The number of ketones is 1. The van der Waals surface area contributed by atoms with Crippen LogP contribution in [0.3, 0.4) is 0 Å². The second kappa shape index (κ2) is 8.50. The van der Waals surface area contributed by atoms with Gasteiger partial charge in [0.25, 0.3) is 5.91 Å². The van der Waals surface area contributed by atoms with E-state index in [1.54, 1.807) is 6.92 Å². The van der Waals surface area contributed by atoms with Gasteiger partial charge in [-0.05, 0) is 30.2 Å². The van der Waals surface area contributed by atoms with Crippen LogP contribution in [0.2, 0.25) is 0 Å². The van der Waals surface area contributed by atoms with Gasteiger partial charge in [0.1, 0.15) is 11.6 Å². The molecule has 1 amide bonds. The number of ether oxygens (including phenoxy) is 1. The van der Waals surface area contributed by atoms with E-state index in [1.807, 2.05) is 0 Å². The maximum atomic E-state index is 12.8. The average molecular weight is 366 g/mol. The number of nitrogens with zero attached hydrogens (tertiary/aromatic N) is 1. The quantitative estimate of drug-likeness (QED) is 0.447. The minimum Gasteiger partial charge on any atom is -0.456 e. The van der Waals surface area contributed by atoms with Crippen LogP contribution in [-0.4, -0.2) is 35.7 Å². The average Bonchev–Trinajstić information content (AvgIpc) is 2.81. The lowest BCUT2D eigenvalue weighted by Gasteiger charge is -2.17. The van der Waals surface area contributed by atoms with Crippen molar-refractivity contribution < 1.29 is 28.4 Å². The first-order valence-electron chi connectivity index (χ1n) is 8.11. The first kappa shape index (κ1) is 19.5. The molecule has 0 aliphatic heterocycles. The number of esters is 1. The van der Waals surface area contributed by atoms with Gasteiger partial charge in [0, 0.05) is 28.9 Å². The van der Waals surface area contributed by atoms with Gasteiger partial charge in [0.2, 0.25) is 6.54 Å². The summed E-state index contributed by atoms with van der Waals surface area (Å²) in [5.74, 6) is -3.47. The molecule has 0 saturated heterocycles. The molecule has 1 aromatic carbocycles. The number of nitrogens with one attached hydrogen (secondary N) is 1. The van der Waals surface area contributed by atoms with E-state index in [0.29, 0.717) is 5.69 Å². The molecular formula is C17H19FN2O6. The molecule has 0 heterocycles. The molecule has 140 valence electrons. The molecule has 1 fully saturated rings. The van der Waals surface area contributed by atoms with Crippen molar-refractivity contribution >= 4 is 23.3 Å². The lowest BCUT2D eigenvalue weighted by Crippen LogP contribution is -2.28. The SMILES string of the molecule is C[C@H]1CC(=O)[C@@H](CC(=O)OCC(=O)Nc2ccc(F)cc2)[C@@H]1C[N+](=O)[O-]. The van der Waals surface area contributed by atoms with Gasteiger partial charge >= 0.3 is 5.97 Å². The molecule has 0 bridgehead atoms. The van der Waals surface area contributed by atoms with Gasteiger partial charge in [-0.2, -0.15) is 0 Å². The van der Waals surface area contributed by atoms with Crippen LogP contribution < -0.4 is 5.32 Å². The first-order chi connectivity index (χ1) is 12.3. The monoisotopic (exact) mass is 366 g/mol. The lowest BCUT2D eigenvalue weighted by atomic mass is 9.88. The van der Waals surface area contributed by atoms with Crippen LogP contribution in [0.25, 0.3) is 0 Å². The third-order valence-electron chi connectivity index (χ3n) is 4.42. The minimum absolute atomic E-state index is 0.174. The molecule has 26 heavy (non-hydrogen) atoms. The number of nitro groups is 1. The van der Waals surface area contributed by atoms with Crippen LogP contribution in [-0.2, 0) is 19.1 Å². The number of carbonyl (C=O) groups excluding carboxylic acids is 3. The van der Waals surface area contributed by atoms with Crippen molar-refractivity contribution in [3.05, 3.63) is 40.2 Å². The van der Waals surface area contributed by atoms with Crippen LogP contribution in [0.4, 0.5) is 10.1 Å². The van der Waals surface area contributed by atoms with E-state index in [-0.39, 0.29) is 31.1 Å². The second-order valence-corrected chi connectivity index (χ2v) is 6.35. The van der Waals surface area contributed by atoms with Gasteiger partial charge < -0.3 is 10.1 Å². The number of carbonyl (C=O) groups is 3. The molecule has 0 aromatic heterocycles. The fourth-order valence-corrected chi connectivity index (χ4v) is 3.11. The van der Waals surface area contributed by atoms with Gasteiger partial charge in [0.05, 0.1) is 6.42 Å². The Morgan fingerprint density at radius 1 is 1.35 bits per heavy atom. The highest BCUT2D eigenvalue weighted by atomic mass is 19.1. The number of anilines is 1. The Morgan fingerprint density at radius 2 is 2.00 bits per heavy atom. The number of rotatable bonds is 7. The Kier molecular flexibility index (Phi) is 6.37. The van der Waals surface area contributed by atoms with Crippen molar-refractivity contribution in [2.75, 3.05) is 18.5 Å². The van der Waals surface area contributed by atoms with Gasteiger partial charge in [-0.25, -0.2) is 4.39 Å². The van der Waals surface area contributed by atoms with Crippen molar-refractivity contribution in [3.8, 4) is 0 Å². The standard InChI is InChI=1S/C17H19FN2O6/c1-10-6-15(21)13(14(10)8-20(24)25)7-17(23)26-9-16(22)19-12-4-2-11(18)3-5-12/h2-5,10,13-14H,6-9H2,1H3,(H,19,22)/t10-,13-,14+/m0/s1. The third-order valence-corrected chi connectivity index (χ3v) is 4.42. The van der Waals surface area contributed by atoms with E-state index in [4.69, 9.17) is 4.74 Å². The summed E-state index contributed by atoms with van der Waals surface area (Å²) in [5, 5.41) is 13.2. The molecule has 1 aromatic rings. The van der Waals surface area contributed by atoms with Crippen LogP contribution >= 0.6 is 0 Å². The van der Waals surface area contributed by atoms with E-state index in [2.05, 4.69) is 5.32 Å². The zero-order chi connectivity index (χ0) is 19.3. The summed E-state index contributed by atoms with van der Waals surface area (Å²) >= 11 is 0. The number of amides is 1. The number of halogens is 1. The van der Waals surface area contributed by atoms with Gasteiger partial charge in [-0.15, -0.1) is 0 Å². The summed E-state index contributed by atoms with van der Waals surface area (Å²) in [6.07, 6.45) is -0.0903. The molecule has 3 atom stereocenters. The van der Waals surface area contributed by atoms with Crippen molar-refractivity contribution in [3.63, 3.8) is 0 Å². The fraction of sp³-hybridized carbons (Fsp3) is 0.471. The van der Waals surface area contributed by atoms with Crippen LogP contribution in [0.15, 0.2) is 24.3 Å². The Morgan fingerprint density at radius 3 is 2.62 bits per heavy atom. The van der Waals surface area contributed by atoms with E-state index in [9.17, 15) is 28.9 Å². The highest BCUT2D eigenvalue weighted by Gasteiger charge is 2.44. The number of benzene rings is 1. The molecule has 0 spiro atoms. The molecule has 8 nitrogen and oxygen atoms in total. The van der Waals surface area contributed by atoms with Crippen LogP contribution in [0.1, 0.15) is 19.8 Å². The molecule has 0 unspecified atom stereocenters. The molecule has 1 aliphatic carbocycles. The highest BCUT2D eigenvalue weighted by Crippen LogP contribution is 2.36. The highest BCUT2D eigenvalue weighted by molar-refractivity contribution is 5.93. The summed E-state index contributed by atoms with van der Waals surface area (Å²) in [6, 6.07) is 5.06. The maximum absolute atomic E-state index is 12.8. The Bertz CT molecular complexity index is 706. The van der Waals surface area contributed by atoms with E-state index in [0.717, 1.165) is 0 Å². The lowest BCUT2D eigenvalue weighted by molar-refractivity contribution is -0.490. The summed E-state index contributed by atoms with van der Waals surface area (Å²) < 4.78 is 17.6. The number of hydrogen-bond acceptors (Lipinski definition) is 6. The predicted octanol–water partition coefficient (Wildman–Crippen LogP) is 1.82.